The number of benzene rings is 3. The van der Waals surface area contributed by atoms with Gasteiger partial charge in [-0.2, -0.15) is 0 Å². The fraction of sp³-hybridized carbons (Fsp3) is 0.182. The summed E-state index contributed by atoms with van der Waals surface area (Å²) < 4.78 is 0. The van der Waals surface area contributed by atoms with Crippen molar-refractivity contribution in [3.63, 3.8) is 0 Å². The Balaban J connectivity index is 1.54. The molecule has 0 aliphatic heterocycles. The smallest absolute Gasteiger partial charge is 0.0240 e. The van der Waals surface area contributed by atoms with Gasteiger partial charge in [-0.15, -0.1) is 0 Å². The first-order chi connectivity index (χ1) is 12.4. The summed E-state index contributed by atoms with van der Waals surface area (Å²) in [7, 11) is 1.84. The molecule has 0 bridgehead atoms. The Morgan fingerprint density at radius 1 is 0.520 bits per heavy atom. The van der Waals surface area contributed by atoms with E-state index in [0.717, 1.165) is 17.2 Å². The highest BCUT2D eigenvalue weighted by Gasteiger charge is 2.10. The average molecular weight is 382 g/mol. The lowest BCUT2D eigenvalue weighted by atomic mass is 10.4. The maximum absolute atomic E-state index is 2.34. The number of hydrogen-bond acceptors (Lipinski definition) is 0. The second-order valence-corrected chi connectivity index (χ2v) is 11.3. The van der Waals surface area contributed by atoms with Gasteiger partial charge < -0.3 is 0 Å². The predicted molar refractivity (Wildman–Crippen MR) is 121 cm³/mol. The van der Waals surface area contributed by atoms with Gasteiger partial charge in [-0.05, 0) is 40.6 Å². The first-order valence-corrected chi connectivity index (χ1v) is 12.9. The van der Waals surface area contributed by atoms with E-state index >= 15 is 0 Å². The van der Waals surface area contributed by atoms with E-state index in [1.807, 2.05) is 0 Å². The van der Waals surface area contributed by atoms with Crippen LogP contribution in [0, 0.1) is 0 Å². The molecule has 3 heteroatoms. The Bertz CT molecular complexity index is 669. The van der Waals surface area contributed by atoms with Crippen LogP contribution in [0.2, 0.25) is 0 Å². The van der Waals surface area contributed by atoms with E-state index in [4.69, 9.17) is 0 Å². The second kappa shape index (κ2) is 10.8. The van der Waals surface area contributed by atoms with Gasteiger partial charge in [0, 0.05) is 0 Å². The van der Waals surface area contributed by atoms with Crippen molar-refractivity contribution >= 4 is 41.0 Å². The van der Waals surface area contributed by atoms with Crippen molar-refractivity contribution < 1.29 is 0 Å². The Morgan fingerprint density at radius 3 is 1.36 bits per heavy atom. The zero-order chi connectivity index (χ0) is 17.2. The molecule has 0 radical (unpaired) electrons. The minimum atomic E-state index is -0.0344. The first-order valence-electron chi connectivity index (χ1n) is 8.80. The SMILES string of the molecule is c1ccc(PCCP(CCPc2ccccc2)c2ccccc2)cc1. The van der Waals surface area contributed by atoms with Gasteiger partial charge in [0.15, 0.2) is 0 Å². The molecule has 25 heavy (non-hydrogen) atoms. The highest BCUT2D eigenvalue weighted by Crippen LogP contribution is 2.37. The third-order valence-corrected chi connectivity index (χ3v) is 9.97. The van der Waals surface area contributed by atoms with E-state index in [-0.39, 0.29) is 7.92 Å². The van der Waals surface area contributed by atoms with Crippen LogP contribution in [0.3, 0.4) is 0 Å². The van der Waals surface area contributed by atoms with E-state index in [1.54, 1.807) is 5.30 Å². The minimum Gasteiger partial charge on any atom is -0.0900 e. The van der Waals surface area contributed by atoms with Crippen LogP contribution in [0.4, 0.5) is 0 Å². The fourth-order valence-corrected chi connectivity index (χ4v) is 8.61. The zero-order valence-corrected chi connectivity index (χ0v) is 17.3. The van der Waals surface area contributed by atoms with Gasteiger partial charge in [0.2, 0.25) is 0 Å². The van der Waals surface area contributed by atoms with Gasteiger partial charge in [-0.3, -0.25) is 0 Å². The fourth-order valence-electron chi connectivity index (χ4n) is 2.79. The molecular formula is C22H25P3. The molecule has 0 saturated carbocycles. The lowest BCUT2D eigenvalue weighted by Crippen LogP contribution is -2.10. The van der Waals surface area contributed by atoms with Crippen LogP contribution in [0.1, 0.15) is 0 Å². The third-order valence-electron chi connectivity index (χ3n) is 4.09. The van der Waals surface area contributed by atoms with Gasteiger partial charge >= 0.3 is 0 Å². The van der Waals surface area contributed by atoms with E-state index in [1.165, 1.54) is 35.3 Å². The zero-order valence-electron chi connectivity index (χ0n) is 14.4. The second-order valence-electron chi connectivity index (χ2n) is 5.91. The molecule has 0 N–H and O–H groups in total. The maximum atomic E-state index is 2.34. The van der Waals surface area contributed by atoms with Gasteiger partial charge in [0.25, 0.3) is 0 Å². The van der Waals surface area contributed by atoms with E-state index < -0.39 is 0 Å². The van der Waals surface area contributed by atoms with E-state index in [0.29, 0.717) is 0 Å². The van der Waals surface area contributed by atoms with Crippen molar-refractivity contribution in [2.75, 3.05) is 24.6 Å². The molecule has 0 aliphatic rings. The first kappa shape index (κ1) is 18.7. The highest BCUT2D eigenvalue weighted by molar-refractivity contribution is 7.67. The molecular weight excluding hydrogens is 357 g/mol. The molecule has 2 unspecified atom stereocenters. The minimum absolute atomic E-state index is 0.0344. The van der Waals surface area contributed by atoms with Crippen molar-refractivity contribution in [3.05, 3.63) is 91.0 Å². The Labute approximate surface area is 156 Å². The molecule has 3 aromatic carbocycles. The molecule has 0 amide bonds. The van der Waals surface area contributed by atoms with Gasteiger partial charge in [-0.25, -0.2) is 0 Å². The summed E-state index contributed by atoms with van der Waals surface area (Å²) in [6.45, 7) is 0. The van der Waals surface area contributed by atoms with E-state index in [2.05, 4.69) is 91.0 Å². The summed E-state index contributed by atoms with van der Waals surface area (Å²) in [5.41, 5.74) is 0. The monoisotopic (exact) mass is 382 g/mol. The predicted octanol–water partition coefficient (Wildman–Crippen LogP) is 4.80. The number of hydrogen-bond donors (Lipinski definition) is 0. The molecule has 0 nitrogen and oxygen atoms in total. The molecule has 3 aromatic rings. The average Bonchev–Trinajstić information content (AvgIpc) is 2.69. The van der Waals surface area contributed by atoms with Gasteiger partial charge in [0.05, 0.1) is 0 Å². The molecule has 0 spiro atoms. The van der Waals surface area contributed by atoms with Crippen LogP contribution in [-0.2, 0) is 0 Å². The van der Waals surface area contributed by atoms with Crippen LogP contribution in [0.5, 0.6) is 0 Å². The van der Waals surface area contributed by atoms with Crippen molar-refractivity contribution in [2.24, 2.45) is 0 Å². The van der Waals surface area contributed by atoms with Gasteiger partial charge in [-0.1, -0.05) is 116 Å². The van der Waals surface area contributed by atoms with Crippen LogP contribution in [-0.4, -0.2) is 24.6 Å². The molecule has 0 heterocycles. The third kappa shape index (κ3) is 6.64. The molecule has 0 fully saturated rings. The molecule has 0 saturated heterocycles. The normalized spacial score (nSPS) is 13.0. The van der Waals surface area contributed by atoms with Crippen LogP contribution in [0.15, 0.2) is 91.0 Å². The molecule has 0 aromatic heterocycles. The summed E-state index contributed by atoms with van der Waals surface area (Å²) in [6, 6.07) is 33.1. The summed E-state index contributed by atoms with van der Waals surface area (Å²) in [5.74, 6) is 0. The summed E-state index contributed by atoms with van der Waals surface area (Å²) in [4.78, 5) is 0. The topological polar surface area (TPSA) is 0 Å². The Kier molecular flexibility index (Phi) is 8.12. The lowest BCUT2D eigenvalue weighted by Gasteiger charge is -2.18. The molecule has 0 aliphatic carbocycles. The van der Waals surface area contributed by atoms with Gasteiger partial charge in [0.1, 0.15) is 0 Å². The van der Waals surface area contributed by atoms with Crippen LogP contribution < -0.4 is 15.9 Å². The Hall–Kier alpha value is -1.05. The maximum Gasteiger partial charge on any atom is -0.0240 e. The summed E-state index contributed by atoms with van der Waals surface area (Å²) in [6.07, 6.45) is 5.34. The van der Waals surface area contributed by atoms with Crippen molar-refractivity contribution in [1.82, 2.24) is 0 Å². The number of rotatable bonds is 9. The van der Waals surface area contributed by atoms with Crippen molar-refractivity contribution in [3.8, 4) is 0 Å². The van der Waals surface area contributed by atoms with Crippen LogP contribution in [0.25, 0.3) is 0 Å². The lowest BCUT2D eigenvalue weighted by molar-refractivity contribution is 1.44. The van der Waals surface area contributed by atoms with Crippen molar-refractivity contribution in [1.29, 1.82) is 0 Å². The molecule has 128 valence electrons. The molecule has 3 rings (SSSR count). The summed E-state index contributed by atoms with van der Waals surface area (Å²) in [5, 5.41) is 4.57. The highest BCUT2D eigenvalue weighted by atomic mass is 31.1. The standard InChI is InChI=1S/C22H25P3/c1-4-10-20(11-5-1)23-16-18-25(22-14-8-3-9-15-22)19-17-24-21-12-6-2-7-13-21/h1-15,23-24H,16-19H2. The molecule has 2 atom stereocenters. The largest absolute Gasteiger partial charge is 0.0900 e. The van der Waals surface area contributed by atoms with E-state index in [9.17, 15) is 0 Å². The summed E-state index contributed by atoms with van der Waals surface area (Å²) >= 11 is 0. The quantitative estimate of drug-likeness (QED) is 0.467. The van der Waals surface area contributed by atoms with Crippen LogP contribution >= 0.6 is 25.1 Å². The Morgan fingerprint density at radius 2 is 0.920 bits per heavy atom. The van der Waals surface area contributed by atoms with Crippen molar-refractivity contribution in [2.45, 2.75) is 0 Å².